The van der Waals surface area contributed by atoms with E-state index >= 15 is 0 Å². The molecule has 30 heavy (non-hydrogen) atoms. The van der Waals surface area contributed by atoms with Gasteiger partial charge in [0.2, 0.25) is 0 Å². The molecule has 2 rings (SSSR count). The number of aliphatic hydroxyl groups excluding tert-OH is 1. The molecule has 160 valence electrons. The number of ether oxygens (including phenoxy) is 4. The summed E-state index contributed by atoms with van der Waals surface area (Å²) in [6, 6.07) is 10.5. The molecule has 3 N–H and O–H groups in total. The maximum absolute atomic E-state index is 11.0. The smallest absolute Gasteiger partial charge is 0.330 e. The molecular weight excluding hydrogens is 390 g/mol. The fraction of sp³-hybridized carbons (Fsp3) is 0.273. The quantitative estimate of drug-likeness (QED) is 0.398. The Morgan fingerprint density at radius 2 is 1.37 bits per heavy atom. The summed E-state index contributed by atoms with van der Waals surface area (Å²) < 4.78 is 20.8. The molecule has 0 spiro atoms. The van der Waals surface area contributed by atoms with E-state index in [0.29, 0.717) is 11.5 Å². The highest BCUT2D eigenvalue weighted by Gasteiger charge is 2.09. The number of esters is 2. The lowest BCUT2D eigenvalue weighted by Gasteiger charge is -2.14. The number of carbonyl (C=O) groups excluding carboxylic acids is 2. The summed E-state index contributed by atoms with van der Waals surface area (Å²) in [6.45, 7) is 6.63. The molecule has 8 heteroatoms. The Kier molecular flexibility index (Phi) is 8.86. The normalized spacial score (nSPS) is 12.5. The Morgan fingerprint density at radius 1 is 0.867 bits per heavy atom. The molecule has 2 aromatic rings. The molecular formula is C22H25NO7. The summed E-state index contributed by atoms with van der Waals surface area (Å²) in [5.74, 6) is 0.0634. The summed E-state index contributed by atoms with van der Waals surface area (Å²) in [7, 11) is 0. The van der Waals surface area contributed by atoms with Crippen LogP contribution in [0.15, 0.2) is 61.7 Å². The van der Waals surface area contributed by atoms with Crippen LogP contribution >= 0.6 is 0 Å². The second kappa shape index (κ2) is 11.6. The third-order valence-electron chi connectivity index (χ3n) is 3.88. The lowest BCUT2D eigenvalue weighted by atomic mass is 10.1. The lowest BCUT2D eigenvalue weighted by molar-refractivity contribution is -0.141. The summed E-state index contributed by atoms with van der Waals surface area (Å²) in [5.41, 5.74) is 5.85. The van der Waals surface area contributed by atoms with Gasteiger partial charge in [-0.2, -0.15) is 0 Å². The number of hydrogen-bond acceptors (Lipinski definition) is 8. The molecule has 0 aromatic heterocycles. The molecule has 0 radical (unpaired) electrons. The van der Waals surface area contributed by atoms with Crippen molar-refractivity contribution in [3.05, 3.63) is 61.7 Å². The van der Waals surface area contributed by atoms with Crippen molar-refractivity contribution in [3.63, 3.8) is 0 Å². The van der Waals surface area contributed by atoms with Crippen LogP contribution in [0.2, 0.25) is 0 Å². The van der Waals surface area contributed by atoms with E-state index in [1.807, 2.05) is 24.3 Å². The minimum atomic E-state index is -0.949. The molecule has 2 unspecified atom stereocenters. The van der Waals surface area contributed by atoms with E-state index in [9.17, 15) is 14.7 Å². The monoisotopic (exact) mass is 415 g/mol. The number of aliphatic hydroxyl groups is 1. The van der Waals surface area contributed by atoms with Crippen molar-refractivity contribution in [2.75, 3.05) is 26.4 Å². The lowest BCUT2D eigenvalue weighted by Crippen LogP contribution is -2.33. The molecule has 0 aliphatic rings. The minimum Gasteiger partial charge on any atom is -0.492 e. The molecule has 0 saturated carbocycles. The third kappa shape index (κ3) is 7.57. The first-order valence-corrected chi connectivity index (χ1v) is 9.22. The Hall–Kier alpha value is -3.36. The van der Waals surface area contributed by atoms with Crippen molar-refractivity contribution in [2.45, 2.75) is 12.1 Å². The molecule has 0 aliphatic carbocycles. The predicted octanol–water partition coefficient (Wildman–Crippen LogP) is 1.74. The average molecular weight is 415 g/mol. The van der Waals surface area contributed by atoms with Crippen LogP contribution in [-0.4, -0.2) is 55.6 Å². The van der Waals surface area contributed by atoms with Gasteiger partial charge >= 0.3 is 11.9 Å². The second-order valence-corrected chi connectivity index (χ2v) is 6.38. The molecule has 2 aromatic carbocycles. The van der Waals surface area contributed by atoms with Gasteiger partial charge in [-0.25, -0.2) is 9.59 Å². The molecule has 0 fully saturated rings. The van der Waals surface area contributed by atoms with Crippen molar-refractivity contribution in [2.24, 2.45) is 5.73 Å². The van der Waals surface area contributed by atoms with Crippen LogP contribution in [0.3, 0.4) is 0 Å². The first-order chi connectivity index (χ1) is 14.4. The molecule has 0 heterocycles. The summed E-state index contributed by atoms with van der Waals surface area (Å²) in [5, 5.41) is 11.6. The van der Waals surface area contributed by atoms with E-state index in [0.717, 1.165) is 22.9 Å². The largest absolute Gasteiger partial charge is 0.492 e. The van der Waals surface area contributed by atoms with Gasteiger partial charge in [0.25, 0.3) is 0 Å². The second-order valence-electron chi connectivity index (χ2n) is 6.38. The number of fused-ring (bicyclic) bond motifs is 1. The highest BCUT2D eigenvalue weighted by Crippen LogP contribution is 2.25. The zero-order valence-electron chi connectivity index (χ0n) is 16.5. The van der Waals surface area contributed by atoms with Gasteiger partial charge in [0.05, 0.1) is 6.04 Å². The van der Waals surface area contributed by atoms with E-state index < -0.39 is 24.1 Å². The van der Waals surface area contributed by atoms with Crippen molar-refractivity contribution in [3.8, 4) is 11.5 Å². The van der Waals surface area contributed by atoms with E-state index in [1.165, 1.54) is 0 Å². The maximum atomic E-state index is 11.0. The first kappa shape index (κ1) is 22.9. The van der Waals surface area contributed by atoms with Gasteiger partial charge in [0.15, 0.2) is 0 Å². The summed E-state index contributed by atoms with van der Waals surface area (Å²) >= 11 is 0. The Morgan fingerprint density at radius 3 is 1.90 bits per heavy atom. The maximum Gasteiger partial charge on any atom is 0.330 e. The number of rotatable bonds is 12. The SMILES string of the molecule is C=CC(=O)OCC(N)COc1ccc2cc(OCC(O)COC(=O)C=C)ccc2c1. The highest BCUT2D eigenvalue weighted by molar-refractivity contribution is 5.85. The first-order valence-electron chi connectivity index (χ1n) is 9.22. The molecule has 0 amide bonds. The van der Waals surface area contributed by atoms with Crippen LogP contribution in [0, 0.1) is 0 Å². The zero-order chi connectivity index (χ0) is 21.9. The van der Waals surface area contributed by atoms with Crippen molar-refractivity contribution >= 4 is 22.7 Å². The van der Waals surface area contributed by atoms with Gasteiger partial charge in [-0.15, -0.1) is 0 Å². The molecule has 0 bridgehead atoms. The van der Waals surface area contributed by atoms with Crippen molar-refractivity contribution in [1.82, 2.24) is 0 Å². The van der Waals surface area contributed by atoms with Crippen LogP contribution in [0.4, 0.5) is 0 Å². The van der Waals surface area contributed by atoms with Gasteiger partial charge < -0.3 is 29.8 Å². The van der Waals surface area contributed by atoms with E-state index in [-0.39, 0.29) is 26.4 Å². The summed E-state index contributed by atoms with van der Waals surface area (Å²) in [4.78, 5) is 22.0. The fourth-order valence-electron chi connectivity index (χ4n) is 2.36. The highest BCUT2D eigenvalue weighted by atomic mass is 16.5. The third-order valence-corrected chi connectivity index (χ3v) is 3.88. The minimum absolute atomic E-state index is 0.0224. The van der Waals surface area contributed by atoms with Crippen LogP contribution in [-0.2, 0) is 19.1 Å². The van der Waals surface area contributed by atoms with Crippen molar-refractivity contribution in [1.29, 1.82) is 0 Å². The van der Waals surface area contributed by atoms with Gasteiger partial charge in [0, 0.05) is 12.2 Å². The van der Waals surface area contributed by atoms with Crippen LogP contribution in [0.1, 0.15) is 0 Å². The summed E-state index contributed by atoms with van der Waals surface area (Å²) in [6.07, 6.45) is 1.16. The predicted molar refractivity (Wildman–Crippen MR) is 111 cm³/mol. The fourth-order valence-corrected chi connectivity index (χ4v) is 2.36. The standard InChI is InChI=1S/C22H25NO7/c1-3-21(25)29-12-17(23)11-27-19-7-5-16-10-20(8-6-15(16)9-19)28-13-18(24)14-30-22(26)4-2/h3-10,17-18,24H,1-2,11-14,23H2. The molecule has 8 nitrogen and oxygen atoms in total. The number of benzene rings is 2. The topological polar surface area (TPSA) is 117 Å². The average Bonchev–Trinajstić information content (AvgIpc) is 2.77. The van der Waals surface area contributed by atoms with Gasteiger partial charge in [-0.3, -0.25) is 0 Å². The van der Waals surface area contributed by atoms with Crippen molar-refractivity contribution < 1.29 is 33.6 Å². The Balaban J connectivity index is 1.86. The van der Waals surface area contributed by atoms with E-state index in [1.54, 1.807) is 12.1 Å². The molecule has 0 saturated heterocycles. The van der Waals surface area contributed by atoms with Gasteiger partial charge in [-0.05, 0) is 35.0 Å². The number of nitrogens with two attached hydrogens (primary N) is 1. The Bertz CT molecular complexity index is 823. The van der Waals surface area contributed by atoms with Gasteiger partial charge in [0.1, 0.15) is 44.0 Å². The van der Waals surface area contributed by atoms with E-state index in [2.05, 4.69) is 13.2 Å². The van der Waals surface area contributed by atoms with E-state index in [4.69, 9.17) is 24.7 Å². The molecule has 0 aliphatic heterocycles. The van der Waals surface area contributed by atoms with Crippen LogP contribution in [0.5, 0.6) is 11.5 Å². The molecule has 2 atom stereocenters. The number of carbonyl (C=O) groups is 2. The van der Waals surface area contributed by atoms with Crippen LogP contribution < -0.4 is 15.2 Å². The Labute approximate surface area is 174 Å². The van der Waals surface area contributed by atoms with Crippen LogP contribution in [0.25, 0.3) is 10.8 Å². The van der Waals surface area contributed by atoms with Gasteiger partial charge in [-0.1, -0.05) is 25.3 Å². The number of hydrogen-bond donors (Lipinski definition) is 2. The zero-order valence-corrected chi connectivity index (χ0v) is 16.5.